The summed E-state index contributed by atoms with van der Waals surface area (Å²) >= 11 is 0.927. The number of thiazole rings is 1. The largest absolute Gasteiger partial charge is 0.352 e. The van der Waals surface area contributed by atoms with Gasteiger partial charge in [-0.15, -0.1) is 11.3 Å². The fourth-order valence-corrected chi connectivity index (χ4v) is 2.72. The molecule has 1 aliphatic rings. The number of allylic oxidation sites excluding steroid dienone is 2. The highest BCUT2D eigenvalue weighted by molar-refractivity contribution is 7.14. The Hall–Kier alpha value is -2.34. The van der Waals surface area contributed by atoms with Gasteiger partial charge in [0.1, 0.15) is 22.3 Å². The van der Waals surface area contributed by atoms with Crippen molar-refractivity contribution in [2.75, 3.05) is 5.32 Å². The minimum absolute atomic E-state index is 0.0357. The van der Waals surface area contributed by atoms with Crippen LogP contribution in [0.2, 0.25) is 0 Å². The predicted octanol–water partition coefficient (Wildman–Crippen LogP) is 2.99. The maximum absolute atomic E-state index is 12.6. The number of alkyl halides is 1. The molecule has 0 aliphatic heterocycles. The van der Waals surface area contributed by atoms with Gasteiger partial charge in [0.05, 0.1) is 5.70 Å². The molecule has 3 rings (SSSR count). The molecule has 0 unspecified atom stereocenters. The summed E-state index contributed by atoms with van der Waals surface area (Å²) in [6, 6.07) is 9.03. The number of nitrogens with one attached hydrogen (secondary N) is 1. The van der Waals surface area contributed by atoms with Crippen LogP contribution >= 0.6 is 11.3 Å². The molecule has 1 aliphatic carbocycles. The highest BCUT2D eigenvalue weighted by Gasteiger charge is 2.30. The topological polar surface area (TPSA) is 59.1 Å². The number of Topliss-reactive ketones (excluding diaryl/α,β-unsaturated/α-hetero) is 1. The average Bonchev–Trinajstić information content (AvgIpc) is 2.91. The van der Waals surface area contributed by atoms with Crippen LogP contribution in [-0.4, -0.2) is 16.6 Å². The molecule has 6 heteroatoms. The number of nitrogens with zero attached hydrogens (tertiary/aromatic N) is 1. The first-order valence-corrected chi connectivity index (χ1v) is 6.69. The van der Waals surface area contributed by atoms with Crippen LogP contribution < -0.4 is 5.32 Å². The van der Waals surface area contributed by atoms with Crippen LogP contribution in [0.3, 0.4) is 0 Å². The lowest BCUT2D eigenvalue weighted by Crippen LogP contribution is -2.20. The summed E-state index contributed by atoms with van der Waals surface area (Å²) in [7, 11) is 0. The van der Waals surface area contributed by atoms with Crippen molar-refractivity contribution in [1.29, 1.82) is 0 Å². The van der Waals surface area contributed by atoms with Gasteiger partial charge < -0.3 is 5.32 Å². The van der Waals surface area contributed by atoms with Crippen LogP contribution in [0.5, 0.6) is 0 Å². The SMILES string of the molecule is O=C1C(Nc2ccccc2)=CC(=O)c2sc(CF)nc21. The molecule has 2 aromatic rings. The second-order valence-electron chi connectivity index (χ2n) is 4.16. The van der Waals surface area contributed by atoms with Crippen molar-refractivity contribution >= 4 is 28.6 Å². The minimum atomic E-state index is -0.778. The molecule has 0 spiro atoms. The quantitative estimate of drug-likeness (QED) is 0.943. The number of rotatable bonds is 3. The number of carbonyl (C=O) groups is 2. The molecule has 0 saturated carbocycles. The summed E-state index contributed by atoms with van der Waals surface area (Å²) in [6.07, 6.45) is 1.23. The Morgan fingerprint density at radius 3 is 2.65 bits per heavy atom. The van der Waals surface area contributed by atoms with Gasteiger partial charge in [0.15, 0.2) is 5.78 Å². The third-order valence-electron chi connectivity index (χ3n) is 2.80. The lowest BCUT2D eigenvalue weighted by Gasteiger charge is -2.12. The van der Waals surface area contributed by atoms with Crippen molar-refractivity contribution < 1.29 is 14.0 Å². The number of anilines is 1. The van der Waals surface area contributed by atoms with Gasteiger partial charge in [-0.1, -0.05) is 18.2 Å². The van der Waals surface area contributed by atoms with E-state index in [0.717, 1.165) is 11.3 Å². The highest BCUT2D eigenvalue weighted by atomic mass is 32.1. The monoisotopic (exact) mass is 288 g/mol. The summed E-state index contributed by atoms with van der Waals surface area (Å²) in [5.74, 6) is -0.713. The molecule has 1 aromatic heterocycles. The third-order valence-corrected chi connectivity index (χ3v) is 3.83. The molecular weight excluding hydrogens is 279 g/mol. The van der Waals surface area contributed by atoms with E-state index in [1.54, 1.807) is 12.1 Å². The van der Waals surface area contributed by atoms with Crippen molar-refractivity contribution in [3.8, 4) is 0 Å². The van der Waals surface area contributed by atoms with E-state index < -0.39 is 6.67 Å². The number of carbonyl (C=O) groups excluding carboxylic acids is 2. The van der Waals surface area contributed by atoms with Gasteiger partial charge in [-0.2, -0.15) is 0 Å². The number of ketones is 2. The van der Waals surface area contributed by atoms with Gasteiger partial charge in [-0.25, -0.2) is 9.37 Å². The Bertz CT molecular complexity index is 722. The van der Waals surface area contributed by atoms with Gasteiger partial charge in [0, 0.05) is 11.8 Å². The number of para-hydroxylation sites is 1. The summed E-state index contributed by atoms with van der Waals surface area (Å²) in [5.41, 5.74) is 0.891. The number of hydrogen-bond donors (Lipinski definition) is 1. The zero-order valence-corrected chi connectivity index (χ0v) is 11.0. The van der Waals surface area contributed by atoms with Gasteiger partial charge in [-0.05, 0) is 12.1 Å². The first-order chi connectivity index (χ1) is 9.69. The van der Waals surface area contributed by atoms with E-state index in [0.29, 0.717) is 5.69 Å². The summed E-state index contributed by atoms with van der Waals surface area (Å²) in [4.78, 5) is 28.3. The van der Waals surface area contributed by atoms with Gasteiger partial charge in [0.2, 0.25) is 5.78 Å². The molecule has 0 atom stereocenters. The molecule has 1 N–H and O–H groups in total. The van der Waals surface area contributed by atoms with E-state index in [1.807, 2.05) is 18.2 Å². The summed E-state index contributed by atoms with van der Waals surface area (Å²) in [5, 5.41) is 3.04. The second-order valence-corrected chi connectivity index (χ2v) is 5.25. The van der Waals surface area contributed by atoms with Crippen molar-refractivity contribution in [2.24, 2.45) is 0 Å². The lowest BCUT2D eigenvalue weighted by molar-refractivity contribution is 0.0985. The molecule has 1 aromatic carbocycles. The molecule has 0 fully saturated rings. The predicted molar refractivity (Wildman–Crippen MR) is 73.7 cm³/mol. The van der Waals surface area contributed by atoms with E-state index in [4.69, 9.17) is 0 Å². The Kier molecular flexibility index (Phi) is 3.15. The number of benzene rings is 1. The van der Waals surface area contributed by atoms with Gasteiger partial charge >= 0.3 is 0 Å². The fraction of sp³-hybridized carbons (Fsp3) is 0.0714. The minimum Gasteiger partial charge on any atom is -0.352 e. The van der Waals surface area contributed by atoms with E-state index in [2.05, 4.69) is 10.3 Å². The van der Waals surface area contributed by atoms with Crippen LogP contribution in [0, 0.1) is 0 Å². The molecule has 1 heterocycles. The van der Waals surface area contributed by atoms with E-state index in [-0.39, 0.29) is 32.8 Å². The number of hydrogen-bond acceptors (Lipinski definition) is 5. The fourth-order valence-electron chi connectivity index (χ4n) is 1.90. The molecule has 20 heavy (non-hydrogen) atoms. The number of aromatic nitrogens is 1. The van der Waals surface area contributed by atoms with Crippen LogP contribution in [0.25, 0.3) is 0 Å². The number of halogens is 1. The number of fused-ring (bicyclic) bond motifs is 1. The Balaban J connectivity index is 1.94. The van der Waals surface area contributed by atoms with Crippen LogP contribution in [0.15, 0.2) is 42.1 Å². The van der Waals surface area contributed by atoms with E-state index >= 15 is 0 Å². The second kappa shape index (κ2) is 4.97. The Morgan fingerprint density at radius 2 is 1.95 bits per heavy atom. The molecule has 4 nitrogen and oxygen atoms in total. The Labute approximate surface area is 118 Å². The average molecular weight is 288 g/mol. The Morgan fingerprint density at radius 1 is 1.20 bits per heavy atom. The normalized spacial score (nSPS) is 13.9. The molecule has 0 bridgehead atoms. The maximum Gasteiger partial charge on any atom is 0.229 e. The summed E-state index contributed by atoms with van der Waals surface area (Å²) in [6.45, 7) is -0.778. The van der Waals surface area contributed by atoms with Crippen LogP contribution in [0.1, 0.15) is 25.2 Å². The molecule has 0 amide bonds. The maximum atomic E-state index is 12.6. The van der Waals surface area contributed by atoms with Crippen LogP contribution in [-0.2, 0) is 6.67 Å². The molecular formula is C14H9FN2O2S. The molecule has 0 saturated heterocycles. The highest BCUT2D eigenvalue weighted by Crippen LogP contribution is 2.27. The first kappa shape index (κ1) is 12.7. The van der Waals surface area contributed by atoms with Crippen molar-refractivity contribution in [2.45, 2.75) is 6.67 Å². The standard InChI is InChI=1S/C14H9FN2O2S/c15-7-11-17-12-13(19)9(6-10(18)14(12)20-11)16-8-4-2-1-3-5-8/h1-6,16H,7H2. The van der Waals surface area contributed by atoms with E-state index in [9.17, 15) is 14.0 Å². The molecule has 0 radical (unpaired) electrons. The third kappa shape index (κ3) is 2.14. The first-order valence-electron chi connectivity index (χ1n) is 5.87. The van der Waals surface area contributed by atoms with Crippen molar-refractivity contribution in [1.82, 2.24) is 4.98 Å². The van der Waals surface area contributed by atoms with E-state index in [1.165, 1.54) is 6.08 Å². The summed E-state index contributed by atoms with van der Waals surface area (Å²) < 4.78 is 12.6. The van der Waals surface area contributed by atoms with Gasteiger partial charge in [0.25, 0.3) is 0 Å². The van der Waals surface area contributed by atoms with Gasteiger partial charge in [-0.3, -0.25) is 9.59 Å². The van der Waals surface area contributed by atoms with Crippen LogP contribution in [0.4, 0.5) is 10.1 Å². The smallest absolute Gasteiger partial charge is 0.229 e. The lowest BCUT2D eigenvalue weighted by atomic mass is 10.0. The zero-order chi connectivity index (χ0) is 14.1. The van der Waals surface area contributed by atoms with Crippen molar-refractivity contribution in [3.63, 3.8) is 0 Å². The molecule has 100 valence electrons. The van der Waals surface area contributed by atoms with Crippen molar-refractivity contribution in [3.05, 3.63) is 57.7 Å². The zero-order valence-electron chi connectivity index (χ0n) is 10.2.